The third kappa shape index (κ3) is 4.43. The summed E-state index contributed by atoms with van der Waals surface area (Å²) in [4.78, 5) is 10.5. The quantitative estimate of drug-likeness (QED) is 0.438. The van der Waals surface area contributed by atoms with Crippen molar-refractivity contribution < 1.29 is 15.0 Å². The average Bonchev–Trinajstić information content (AvgIpc) is 2.92. The Labute approximate surface area is 83.5 Å². The largest absolute Gasteiger partial charge is 0.465 e. The molecule has 0 saturated heterocycles. The number of carboxylic acid groups (broad SMARTS) is 1. The lowest BCUT2D eigenvalue weighted by Crippen LogP contribution is -2.43. The molecule has 0 spiro atoms. The maximum absolute atomic E-state index is 10.5. The molecule has 0 radical (unpaired) electrons. The molecule has 14 heavy (non-hydrogen) atoms. The number of rotatable bonds is 7. The number of aliphatic hydroxyl groups is 1. The summed E-state index contributed by atoms with van der Waals surface area (Å²) in [5, 5.41) is 22.8. The Bertz CT molecular complexity index is 183. The molecule has 0 aromatic rings. The van der Waals surface area contributed by atoms with Crippen LogP contribution in [0.4, 0.5) is 4.79 Å². The molecule has 1 aliphatic carbocycles. The molecule has 1 atom stereocenters. The highest BCUT2D eigenvalue weighted by atomic mass is 16.4. The topological polar surface area (TPSA) is 81.6 Å². The molecule has 1 fully saturated rings. The van der Waals surface area contributed by atoms with E-state index in [4.69, 9.17) is 10.2 Å². The van der Waals surface area contributed by atoms with Crippen LogP contribution in [0.15, 0.2) is 0 Å². The molecule has 0 aromatic carbocycles. The summed E-state index contributed by atoms with van der Waals surface area (Å²) in [7, 11) is 0. The molecule has 0 aliphatic heterocycles. The van der Waals surface area contributed by atoms with Crippen molar-refractivity contribution in [2.75, 3.05) is 19.7 Å². The summed E-state index contributed by atoms with van der Waals surface area (Å²) in [6.07, 6.45) is 2.00. The van der Waals surface area contributed by atoms with Gasteiger partial charge < -0.3 is 20.8 Å². The Kier molecular flexibility index (Phi) is 4.69. The maximum atomic E-state index is 10.5. The first-order valence-electron chi connectivity index (χ1n) is 5.05. The molecule has 1 saturated carbocycles. The summed E-state index contributed by atoms with van der Waals surface area (Å²) >= 11 is 0. The minimum atomic E-state index is -0.953. The second-order valence-corrected chi connectivity index (χ2v) is 3.67. The van der Waals surface area contributed by atoms with Crippen molar-refractivity contribution in [1.82, 2.24) is 10.6 Å². The van der Waals surface area contributed by atoms with E-state index in [2.05, 4.69) is 10.6 Å². The monoisotopic (exact) mass is 202 g/mol. The molecular weight excluding hydrogens is 184 g/mol. The lowest BCUT2D eigenvalue weighted by molar-refractivity contribution is 0.187. The van der Waals surface area contributed by atoms with Crippen LogP contribution in [0.2, 0.25) is 0 Å². The van der Waals surface area contributed by atoms with Crippen molar-refractivity contribution in [3.63, 3.8) is 0 Å². The van der Waals surface area contributed by atoms with E-state index in [0.717, 1.165) is 19.4 Å². The molecule has 4 N–H and O–H groups in total. The minimum Gasteiger partial charge on any atom is -0.465 e. The summed E-state index contributed by atoms with van der Waals surface area (Å²) in [6.45, 7) is 1.57. The predicted octanol–water partition coefficient (Wildman–Crippen LogP) is 0.00460. The first-order valence-corrected chi connectivity index (χ1v) is 5.05. The first-order chi connectivity index (χ1) is 6.74. The van der Waals surface area contributed by atoms with Crippen molar-refractivity contribution in [2.45, 2.75) is 25.3 Å². The molecule has 0 aromatic heterocycles. The lowest BCUT2D eigenvalue weighted by Gasteiger charge is -2.16. The lowest BCUT2D eigenvalue weighted by atomic mass is 10.2. The van der Waals surface area contributed by atoms with Crippen LogP contribution in [-0.2, 0) is 0 Å². The van der Waals surface area contributed by atoms with Gasteiger partial charge in [-0.25, -0.2) is 4.79 Å². The first kappa shape index (κ1) is 11.3. The number of nitrogens with one attached hydrogen (secondary N) is 2. The molecular formula is C9H18N2O3. The van der Waals surface area contributed by atoms with Crippen molar-refractivity contribution in [2.24, 2.45) is 5.92 Å². The van der Waals surface area contributed by atoms with Crippen molar-refractivity contribution in [1.29, 1.82) is 0 Å². The van der Waals surface area contributed by atoms with Gasteiger partial charge in [0.2, 0.25) is 0 Å². The Morgan fingerprint density at radius 2 is 2.21 bits per heavy atom. The van der Waals surface area contributed by atoms with E-state index in [1.807, 2.05) is 0 Å². The normalized spacial score (nSPS) is 17.8. The van der Waals surface area contributed by atoms with Crippen LogP contribution in [0.25, 0.3) is 0 Å². The Hall–Kier alpha value is -0.810. The molecule has 0 heterocycles. The van der Waals surface area contributed by atoms with Gasteiger partial charge in [0.05, 0.1) is 0 Å². The molecule has 1 amide bonds. The van der Waals surface area contributed by atoms with Crippen LogP contribution in [-0.4, -0.2) is 42.0 Å². The van der Waals surface area contributed by atoms with Crippen LogP contribution >= 0.6 is 0 Å². The fourth-order valence-corrected chi connectivity index (χ4v) is 1.45. The molecule has 0 bridgehead atoms. The molecule has 1 unspecified atom stereocenters. The summed E-state index contributed by atoms with van der Waals surface area (Å²) in [5.74, 6) is 0.507. The predicted molar refractivity (Wildman–Crippen MR) is 52.2 cm³/mol. The standard InChI is InChI=1S/C9H18N2O3/c12-5-1-4-10-6-8(7-2-3-7)11-9(13)14/h7-8,10-12H,1-6H2,(H,13,14). The van der Waals surface area contributed by atoms with Gasteiger partial charge in [-0.1, -0.05) is 0 Å². The van der Waals surface area contributed by atoms with Gasteiger partial charge >= 0.3 is 6.09 Å². The number of hydrogen-bond donors (Lipinski definition) is 4. The maximum Gasteiger partial charge on any atom is 0.404 e. The van der Waals surface area contributed by atoms with E-state index in [9.17, 15) is 4.79 Å². The highest BCUT2D eigenvalue weighted by molar-refractivity contribution is 5.65. The highest BCUT2D eigenvalue weighted by Gasteiger charge is 2.31. The van der Waals surface area contributed by atoms with Gasteiger partial charge in [0.25, 0.3) is 0 Å². The van der Waals surface area contributed by atoms with Crippen molar-refractivity contribution in [3.05, 3.63) is 0 Å². The van der Waals surface area contributed by atoms with Gasteiger partial charge in [0, 0.05) is 19.2 Å². The van der Waals surface area contributed by atoms with Crippen LogP contribution in [0, 0.1) is 5.92 Å². The van der Waals surface area contributed by atoms with Gasteiger partial charge in [-0.05, 0) is 31.7 Å². The van der Waals surface area contributed by atoms with Crippen molar-refractivity contribution in [3.8, 4) is 0 Å². The van der Waals surface area contributed by atoms with E-state index < -0.39 is 6.09 Å². The molecule has 5 nitrogen and oxygen atoms in total. The van der Waals surface area contributed by atoms with Gasteiger partial charge in [-0.15, -0.1) is 0 Å². The van der Waals surface area contributed by atoms with Gasteiger partial charge in [-0.2, -0.15) is 0 Å². The highest BCUT2D eigenvalue weighted by Crippen LogP contribution is 2.32. The number of hydrogen-bond acceptors (Lipinski definition) is 3. The Morgan fingerprint density at radius 3 is 2.71 bits per heavy atom. The second kappa shape index (κ2) is 5.82. The zero-order valence-corrected chi connectivity index (χ0v) is 8.20. The zero-order valence-electron chi connectivity index (χ0n) is 8.20. The fourth-order valence-electron chi connectivity index (χ4n) is 1.45. The summed E-state index contributed by atoms with van der Waals surface area (Å²) in [5.41, 5.74) is 0. The summed E-state index contributed by atoms with van der Waals surface area (Å²) in [6, 6.07) is 0.0335. The van der Waals surface area contributed by atoms with E-state index in [-0.39, 0.29) is 12.6 Å². The van der Waals surface area contributed by atoms with Crippen LogP contribution in [0.5, 0.6) is 0 Å². The third-order valence-corrected chi connectivity index (χ3v) is 2.38. The van der Waals surface area contributed by atoms with Gasteiger partial charge in [0.1, 0.15) is 0 Å². The number of carbonyl (C=O) groups is 1. The van der Waals surface area contributed by atoms with Crippen LogP contribution < -0.4 is 10.6 Å². The fraction of sp³-hybridized carbons (Fsp3) is 0.889. The van der Waals surface area contributed by atoms with Gasteiger partial charge in [0.15, 0.2) is 0 Å². The smallest absolute Gasteiger partial charge is 0.404 e. The van der Waals surface area contributed by atoms with E-state index in [1.165, 1.54) is 0 Å². The van der Waals surface area contributed by atoms with Crippen LogP contribution in [0.1, 0.15) is 19.3 Å². The number of amides is 1. The third-order valence-electron chi connectivity index (χ3n) is 2.38. The molecule has 1 aliphatic rings. The summed E-state index contributed by atoms with van der Waals surface area (Å²) < 4.78 is 0. The van der Waals surface area contributed by atoms with Crippen molar-refractivity contribution >= 4 is 6.09 Å². The Balaban J connectivity index is 2.12. The minimum absolute atomic E-state index is 0.0335. The number of aliphatic hydroxyl groups excluding tert-OH is 1. The SMILES string of the molecule is O=C(O)NC(CNCCCO)C1CC1. The molecule has 82 valence electrons. The molecule has 1 rings (SSSR count). The van der Waals surface area contributed by atoms with Crippen LogP contribution in [0.3, 0.4) is 0 Å². The average molecular weight is 202 g/mol. The van der Waals surface area contributed by atoms with E-state index in [0.29, 0.717) is 18.9 Å². The molecule has 5 heteroatoms. The van der Waals surface area contributed by atoms with E-state index in [1.54, 1.807) is 0 Å². The van der Waals surface area contributed by atoms with E-state index >= 15 is 0 Å². The Morgan fingerprint density at radius 1 is 1.50 bits per heavy atom. The second-order valence-electron chi connectivity index (χ2n) is 3.67. The zero-order chi connectivity index (χ0) is 10.4. The van der Waals surface area contributed by atoms with Gasteiger partial charge in [-0.3, -0.25) is 0 Å².